The third kappa shape index (κ3) is 2.93. The molecule has 0 saturated heterocycles. The summed E-state index contributed by atoms with van der Waals surface area (Å²) in [5.41, 5.74) is 2.19. The average Bonchev–Trinajstić information content (AvgIpc) is 3.10. The number of aryl methyl sites for hydroxylation is 2. The van der Waals surface area contributed by atoms with Crippen LogP contribution in [0.5, 0.6) is 0 Å². The van der Waals surface area contributed by atoms with E-state index in [0.717, 1.165) is 15.2 Å². The highest BCUT2D eigenvalue weighted by molar-refractivity contribution is 9.10. The van der Waals surface area contributed by atoms with E-state index in [1.54, 1.807) is 16.7 Å². The van der Waals surface area contributed by atoms with E-state index in [9.17, 15) is 9.59 Å². The summed E-state index contributed by atoms with van der Waals surface area (Å²) in [6, 6.07) is 9.13. The second kappa shape index (κ2) is 6.33. The Hall–Kier alpha value is -2.52. The lowest BCUT2D eigenvalue weighted by molar-refractivity contribution is -0.116. The predicted molar refractivity (Wildman–Crippen MR) is 105 cm³/mol. The first-order valence-corrected chi connectivity index (χ1v) is 9.45. The number of hydrogen-bond acceptors (Lipinski definition) is 5. The van der Waals surface area contributed by atoms with E-state index in [1.807, 2.05) is 32.0 Å². The minimum atomic E-state index is -0.265. The smallest absolute Gasteiger partial charge is 0.299 e. The van der Waals surface area contributed by atoms with Crippen LogP contribution in [0.1, 0.15) is 10.7 Å². The number of rotatable bonds is 3. The van der Waals surface area contributed by atoms with Gasteiger partial charge in [0, 0.05) is 15.9 Å². The molecule has 4 aromatic rings. The standard InChI is InChI=1S/C17H14BrN5O2S/c1-9-7-13-15(16(25)23-17(20-13)26-10(2)21-23)22(9)8-14(24)19-12-5-3-11(18)4-6-12/h3-7H,8H2,1-2H3,(H,19,24). The van der Waals surface area contributed by atoms with Crippen LogP contribution in [0.3, 0.4) is 0 Å². The fourth-order valence-corrected chi connectivity index (χ4v) is 3.84. The molecule has 0 aliphatic heterocycles. The fraction of sp³-hybridized carbons (Fsp3) is 0.176. The molecule has 0 bridgehead atoms. The Bertz CT molecular complexity index is 1210. The maximum absolute atomic E-state index is 12.8. The summed E-state index contributed by atoms with van der Waals surface area (Å²) in [6.45, 7) is 3.71. The quantitative estimate of drug-likeness (QED) is 0.540. The van der Waals surface area contributed by atoms with Gasteiger partial charge < -0.3 is 9.88 Å². The molecule has 0 spiro atoms. The maximum atomic E-state index is 12.8. The lowest BCUT2D eigenvalue weighted by atomic mass is 10.3. The van der Waals surface area contributed by atoms with Crippen molar-refractivity contribution in [3.8, 4) is 0 Å². The van der Waals surface area contributed by atoms with E-state index < -0.39 is 0 Å². The molecule has 4 rings (SSSR count). The zero-order valence-corrected chi connectivity index (χ0v) is 16.4. The van der Waals surface area contributed by atoms with E-state index in [-0.39, 0.29) is 18.0 Å². The van der Waals surface area contributed by atoms with Gasteiger partial charge in [0.2, 0.25) is 10.9 Å². The highest BCUT2D eigenvalue weighted by Crippen LogP contribution is 2.19. The van der Waals surface area contributed by atoms with Crippen LogP contribution in [0, 0.1) is 13.8 Å². The van der Waals surface area contributed by atoms with Crippen molar-refractivity contribution >= 4 is 54.9 Å². The number of fused-ring (bicyclic) bond motifs is 2. The zero-order valence-electron chi connectivity index (χ0n) is 14.0. The Kier molecular flexibility index (Phi) is 4.12. The summed E-state index contributed by atoms with van der Waals surface area (Å²) >= 11 is 4.72. The highest BCUT2D eigenvalue weighted by Gasteiger charge is 2.17. The highest BCUT2D eigenvalue weighted by atomic mass is 79.9. The van der Waals surface area contributed by atoms with Crippen LogP contribution in [0.25, 0.3) is 16.0 Å². The van der Waals surface area contributed by atoms with Gasteiger partial charge in [-0.15, -0.1) is 0 Å². The van der Waals surface area contributed by atoms with Crippen molar-refractivity contribution in [1.29, 1.82) is 0 Å². The summed E-state index contributed by atoms with van der Waals surface area (Å²) in [5.74, 6) is -0.216. The van der Waals surface area contributed by atoms with Crippen LogP contribution < -0.4 is 10.9 Å². The number of nitrogens with one attached hydrogen (secondary N) is 1. The lowest BCUT2D eigenvalue weighted by Gasteiger charge is -2.09. The molecular weight excluding hydrogens is 418 g/mol. The first-order chi connectivity index (χ1) is 12.4. The third-order valence-corrected chi connectivity index (χ3v) is 5.34. The van der Waals surface area contributed by atoms with Gasteiger partial charge in [-0.25, -0.2) is 4.98 Å². The SMILES string of the molecule is Cc1nn2c(=O)c3c(cc(C)n3CC(=O)Nc3ccc(Br)cc3)nc2s1. The molecule has 7 nitrogen and oxygen atoms in total. The molecule has 0 fully saturated rings. The number of anilines is 1. The number of halogens is 1. The predicted octanol–water partition coefficient (Wildman–Crippen LogP) is 3.12. The Morgan fingerprint density at radius 1 is 1.27 bits per heavy atom. The summed E-state index contributed by atoms with van der Waals surface area (Å²) in [6.07, 6.45) is 0. The van der Waals surface area contributed by atoms with Gasteiger partial charge in [-0.2, -0.15) is 9.61 Å². The molecule has 0 atom stereocenters. The fourth-order valence-electron chi connectivity index (χ4n) is 2.84. The Balaban J connectivity index is 1.72. The van der Waals surface area contributed by atoms with Crippen LogP contribution in [-0.2, 0) is 11.3 Å². The van der Waals surface area contributed by atoms with E-state index in [4.69, 9.17) is 0 Å². The van der Waals surface area contributed by atoms with Crippen LogP contribution in [0.15, 0.2) is 39.6 Å². The van der Waals surface area contributed by atoms with E-state index in [0.29, 0.717) is 21.7 Å². The average molecular weight is 432 g/mol. The molecule has 9 heteroatoms. The first kappa shape index (κ1) is 16.9. The van der Waals surface area contributed by atoms with Crippen molar-refractivity contribution in [3.05, 3.63) is 55.9 Å². The van der Waals surface area contributed by atoms with Crippen LogP contribution >= 0.6 is 27.3 Å². The van der Waals surface area contributed by atoms with Crippen molar-refractivity contribution in [3.63, 3.8) is 0 Å². The van der Waals surface area contributed by atoms with Gasteiger partial charge in [-0.1, -0.05) is 27.3 Å². The second-order valence-corrected chi connectivity index (χ2v) is 7.97. The summed E-state index contributed by atoms with van der Waals surface area (Å²) < 4.78 is 3.91. The van der Waals surface area contributed by atoms with Gasteiger partial charge in [0.25, 0.3) is 5.56 Å². The van der Waals surface area contributed by atoms with E-state index >= 15 is 0 Å². The monoisotopic (exact) mass is 431 g/mol. The molecule has 3 heterocycles. The largest absolute Gasteiger partial charge is 0.330 e. The molecule has 26 heavy (non-hydrogen) atoms. The number of aromatic nitrogens is 4. The first-order valence-electron chi connectivity index (χ1n) is 7.84. The van der Waals surface area contributed by atoms with E-state index in [1.165, 1.54) is 15.9 Å². The number of nitrogens with zero attached hydrogens (tertiary/aromatic N) is 4. The summed E-state index contributed by atoms with van der Waals surface area (Å²) in [4.78, 5) is 30.3. The normalized spacial score (nSPS) is 11.3. The van der Waals surface area contributed by atoms with Crippen molar-refractivity contribution in [2.24, 2.45) is 0 Å². The van der Waals surface area contributed by atoms with Crippen molar-refractivity contribution in [2.45, 2.75) is 20.4 Å². The number of benzene rings is 1. The molecular formula is C17H14BrN5O2S. The van der Waals surface area contributed by atoms with E-state index in [2.05, 4.69) is 31.3 Å². The third-order valence-electron chi connectivity index (χ3n) is 3.99. The van der Waals surface area contributed by atoms with Gasteiger partial charge in [-0.05, 0) is 44.2 Å². The lowest BCUT2D eigenvalue weighted by Crippen LogP contribution is -2.23. The molecule has 0 radical (unpaired) electrons. The minimum absolute atomic E-state index is 0.0253. The molecule has 0 unspecified atom stereocenters. The van der Waals surface area contributed by atoms with Crippen molar-refractivity contribution < 1.29 is 4.79 Å². The Morgan fingerprint density at radius 2 is 2.00 bits per heavy atom. The van der Waals surface area contributed by atoms with Crippen molar-refractivity contribution in [2.75, 3.05) is 5.32 Å². The summed E-state index contributed by atoms with van der Waals surface area (Å²) in [5, 5.41) is 7.81. The topological polar surface area (TPSA) is 81.3 Å². The molecule has 3 aromatic heterocycles. The van der Waals surface area contributed by atoms with Crippen molar-refractivity contribution in [1.82, 2.24) is 19.2 Å². The van der Waals surface area contributed by atoms with Crippen LogP contribution in [0.4, 0.5) is 5.69 Å². The molecule has 1 aromatic carbocycles. The van der Waals surface area contributed by atoms with Gasteiger partial charge in [0.05, 0.1) is 5.52 Å². The molecule has 1 amide bonds. The number of carbonyl (C=O) groups excluding carboxylic acids is 1. The van der Waals surface area contributed by atoms with Gasteiger partial charge in [-0.3, -0.25) is 9.59 Å². The minimum Gasteiger partial charge on any atom is -0.330 e. The number of carbonyl (C=O) groups is 1. The molecule has 132 valence electrons. The van der Waals surface area contributed by atoms with Crippen LogP contribution in [-0.4, -0.2) is 25.1 Å². The van der Waals surface area contributed by atoms with Gasteiger partial charge >= 0.3 is 0 Å². The molecule has 0 saturated carbocycles. The Labute approximate surface area is 160 Å². The molecule has 1 N–H and O–H groups in total. The molecule has 0 aliphatic rings. The van der Waals surface area contributed by atoms with Gasteiger partial charge in [0.1, 0.15) is 17.1 Å². The Morgan fingerprint density at radius 3 is 2.73 bits per heavy atom. The molecule has 0 aliphatic carbocycles. The maximum Gasteiger partial charge on any atom is 0.299 e. The number of amides is 1. The van der Waals surface area contributed by atoms with Crippen LogP contribution in [0.2, 0.25) is 0 Å². The second-order valence-electron chi connectivity index (χ2n) is 5.89. The zero-order chi connectivity index (χ0) is 18.4. The summed E-state index contributed by atoms with van der Waals surface area (Å²) in [7, 11) is 0. The van der Waals surface area contributed by atoms with Gasteiger partial charge in [0.15, 0.2) is 0 Å². The number of hydrogen-bond donors (Lipinski definition) is 1.